The van der Waals surface area contributed by atoms with Crippen molar-refractivity contribution in [3.63, 3.8) is 0 Å². The van der Waals surface area contributed by atoms with Gasteiger partial charge in [0.25, 0.3) is 5.69 Å². The minimum absolute atomic E-state index is 0.146. The second-order valence-corrected chi connectivity index (χ2v) is 8.04. The smallest absolute Gasteiger partial charge is 0.308 e. The van der Waals surface area contributed by atoms with E-state index in [4.69, 9.17) is 21.1 Å². The van der Waals surface area contributed by atoms with Crippen LogP contribution in [-0.4, -0.2) is 22.0 Å². The maximum absolute atomic E-state index is 11.7. The van der Waals surface area contributed by atoms with Crippen molar-refractivity contribution < 1.29 is 29.1 Å². The number of fused-ring (bicyclic) bond motifs is 3. The first-order valence-corrected chi connectivity index (χ1v) is 10.2. The number of hydrogen-bond acceptors (Lipinski definition) is 8. The van der Waals surface area contributed by atoms with E-state index in [1.807, 2.05) is 12.2 Å². The number of allylic oxidation sites excluding steroid dienone is 2. The van der Waals surface area contributed by atoms with Crippen molar-refractivity contribution in [1.82, 2.24) is 0 Å². The fourth-order valence-electron chi connectivity index (χ4n) is 4.42. The summed E-state index contributed by atoms with van der Waals surface area (Å²) in [5.74, 6) is -1.51. The summed E-state index contributed by atoms with van der Waals surface area (Å²) in [6, 6.07) is 5.34. The molecule has 0 aromatic heterocycles. The highest BCUT2D eigenvalue weighted by Gasteiger charge is 2.44. The van der Waals surface area contributed by atoms with Gasteiger partial charge in [-0.3, -0.25) is 19.7 Å². The molecule has 166 valence electrons. The number of phenolic OH excluding ortho intramolecular Hbond substituents is 1. The van der Waals surface area contributed by atoms with Crippen molar-refractivity contribution >= 4 is 34.9 Å². The second-order valence-electron chi connectivity index (χ2n) is 7.63. The van der Waals surface area contributed by atoms with Crippen molar-refractivity contribution in [3.8, 4) is 17.2 Å². The number of carbonyl (C=O) groups is 2. The minimum atomic E-state index is -0.565. The van der Waals surface area contributed by atoms with Crippen molar-refractivity contribution in [2.24, 2.45) is 5.92 Å². The number of phenols is 1. The van der Waals surface area contributed by atoms with Gasteiger partial charge in [0.2, 0.25) is 0 Å². The molecule has 9 nitrogen and oxygen atoms in total. The van der Waals surface area contributed by atoms with E-state index >= 15 is 0 Å². The zero-order valence-corrected chi connectivity index (χ0v) is 17.9. The average Bonchev–Trinajstić information content (AvgIpc) is 3.19. The lowest BCUT2D eigenvalue weighted by Crippen LogP contribution is -2.30. The predicted octanol–water partition coefficient (Wildman–Crippen LogP) is 4.63. The van der Waals surface area contributed by atoms with Crippen LogP contribution in [-0.2, 0) is 9.59 Å². The van der Waals surface area contributed by atoms with E-state index in [1.165, 1.54) is 19.9 Å². The van der Waals surface area contributed by atoms with Gasteiger partial charge in [0.1, 0.15) is 11.5 Å². The van der Waals surface area contributed by atoms with Gasteiger partial charge in [-0.25, -0.2) is 0 Å². The number of nitrogens with zero attached hydrogens (tertiary/aromatic N) is 1. The third-order valence-corrected chi connectivity index (χ3v) is 5.87. The number of hydrogen-bond donors (Lipinski definition) is 2. The number of rotatable bonds is 4. The maximum atomic E-state index is 11.7. The summed E-state index contributed by atoms with van der Waals surface area (Å²) < 4.78 is 10.5. The molecule has 2 N–H and O–H groups in total. The molecule has 3 unspecified atom stereocenters. The van der Waals surface area contributed by atoms with Crippen molar-refractivity contribution in [2.45, 2.75) is 32.2 Å². The Morgan fingerprint density at radius 2 is 1.94 bits per heavy atom. The molecule has 32 heavy (non-hydrogen) atoms. The van der Waals surface area contributed by atoms with Crippen molar-refractivity contribution in [1.29, 1.82) is 0 Å². The van der Waals surface area contributed by atoms with Gasteiger partial charge in [-0.2, -0.15) is 0 Å². The zero-order chi connectivity index (χ0) is 23.2. The molecule has 10 heteroatoms. The lowest BCUT2D eigenvalue weighted by molar-refractivity contribution is -0.385. The molecular weight excluding hydrogens is 440 g/mol. The molecule has 1 heterocycles. The highest BCUT2D eigenvalue weighted by Crippen LogP contribution is 2.57. The van der Waals surface area contributed by atoms with E-state index < -0.39 is 22.9 Å². The van der Waals surface area contributed by atoms with Gasteiger partial charge in [-0.15, -0.1) is 0 Å². The second kappa shape index (κ2) is 8.16. The van der Waals surface area contributed by atoms with E-state index in [1.54, 1.807) is 12.1 Å². The molecule has 0 bridgehead atoms. The van der Waals surface area contributed by atoms with Gasteiger partial charge in [-0.1, -0.05) is 23.8 Å². The third kappa shape index (κ3) is 3.75. The van der Waals surface area contributed by atoms with Crippen LogP contribution in [0.4, 0.5) is 11.4 Å². The zero-order valence-electron chi connectivity index (χ0n) is 17.1. The summed E-state index contributed by atoms with van der Waals surface area (Å²) in [5, 5.41) is 25.3. The van der Waals surface area contributed by atoms with Crippen LogP contribution < -0.4 is 14.8 Å². The van der Waals surface area contributed by atoms with Crippen LogP contribution in [0.2, 0.25) is 5.02 Å². The minimum Gasteiger partial charge on any atom is -0.504 e. The van der Waals surface area contributed by atoms with E-state index in [0.29, 0.717) is 17.5 Å². The molecule has 3 atom stereocenters. The van der Waals surface area contributed by atoms with Crippen LogP contribution in [0.15, 0.2) is 36.4 Å². The molecule has 0 saturated carbocycles. The topological polar surface area (TPSA) is 128 Å². The lowest BCUT2D eigenvalue weighted by atomic mass is 9.76. The molecule has 4 rings (SSSR count). The van der Waals surface area contributed by atoms with Gasteiger partial charge in [0, 0.05) is 37.5 Å². The van der Waals surface area contributed by atoms with Gasteiger partial charge in [0.05, 0.1) is 27.2 Å². The summed E-state index contributed by atoms with van der Waals surface area (Å²) >= 11 is 6.07. The van der Waals surface area contributed by atoms with Gasteiger partial charge < -0.3 is 19.9 Å². The average molecular weight is 459 g/mol. The first-order valence-electron chi connectivity index (χ1n) is 9.81. The number of ether oxygens (including phenoxy) is 2. The number of halogens is 1. The van der Waals surface area contributed by atoms with Crippen LogP contribution in [0.25, 0.3) is 0 Å². The largest absolute Gasteiger partial charge is 0.504 e. The number of nitro benzene ring substituents is 1. The Labute approximate surface area is 187 Å². The highest BCUT2D eigenvalue weighted by molar-refractivity contribution is 6.32. The highest BCUT2D eigenvalue weighted by atomic mass is 35.5. The SMILES string of the molecule is CC(=O)Oc1ccc(C2Nc3c(O)c(Cl)cc([N+](=O)[O-])c3C3C=CCC32)c(OC(C)=O)c1. The predicted molar refractivity (Wildman–Crippen MR) is 115 cm³/mol. The van der Waals surface area contributed by atoms with Gasteiger partial charge in [0.15, 0.2) is 5.75 Å². The van der Waals surface area contributed by atoms with Crippen LogP contribution in [0.1, 0.15) is 43.4 Å². The number of anilines is 1. The van der Waals surface area contributed by atoms with Crippen LogP contribution in [0.3, 0.4) is 0 Å². The normalized spacial score (nSPS) is 20.7. The van der Waals surface area contributed by atoms with E-state index in [0.717, 1.165) is 6.07 Å². The first-order chi connectivity index (χ1) is 15.2. The van der Waals surface area contributed by atoms with E-state index in [-0.39, 0.29) is 45.5 Å². The molecule has 1 aliphatic carbocycles. The molecule has 1 aliphatic heterocycles. The van der Waals surface area contributed by atoms with E-state index in [9.17, 15) is 24.8 Å². The fourth-order valence-corrected chi connectivity index (χ4v) is 4.61. The molecule has 2 aliphatic rings. The summed E-state index contributed by atoms with van der Waals surface area (Å²) in [7, 11) is 0. The van der Waals surface area contributed by atoms with Crippen LogP contribution in [0, 0.1) is 16.0 Å². The van der Waals surface area contributed by atoms with E-state index in [2.05, 4.69) is 5.32 Å². The molecule has 0 amide bonds. The third-order valence-electron chi connectivity index (χ3n) is 5.58. The quantitative estimate of drug-likeness (QED) is 0.169. The molecule has 2 aromatic carbocycles. The number of carbonyl (C=O) groups excluding carboxylic acids is 2. The Balaban J connectivity index is 1.86. The van der Waals surface area contributed by atoms with Gasteiger partial charge >= 0.3 is 11.9 Å². The molecule has 0 spiro atoms. The lowest BCUT2D eigenvalue weighted by Gasteiger charge is -2.38. The van der Waals surface area contributed by atoms with Crippen LogP contribution in [0.5, 0.6) is 17.2 Å². The Hall–Kier alpha value is -3.59. The summed E-state index contributed by atoms with van der Waals surface area (Å²) in [6.45, 7) is 2.51. The Bertz CT molecular complexity index is 1180. The Kier molecular flexibility index (Phi) is 5.52. The van der Waals surface area contributed by atoms with Crippen molar-refractivity contribution in [2.75, 3.05) is 5.32 Å². The molecular formula is C22H19ClN2O7. The number of esters is 2. The number of nitro groups is 1. The van der Waals surface area contributed by atoms with Crippen LogP contribution >= 0.6 is 11.6 Å². The number of benzene rings is 2. The molecule has 0 radical (unpaired) electrons. The summed E-state index contributed by atoms with van der Waals surface area (Å²) in [4.78, 5) is 34.2. The number of aromatic hydroxyl groups is 1. The maximum Gasteiger partial charge on any atom is 0.308 e. The molecule has 2 aromatic rings. The standard InChI is InChI=1S/C22H19ClN2O7/c1-10(26)31-12-6-7-15(18(8-12)32-11(2)27)20-14-5-3-4-13(14)19-17(25(29)30)9-16(23)22(28)21(19)24-20/h3-4,6-9,13-14,20,24,28H,5H2,1-2H3. The summed E-state index contributed by atoms with van der Waals surface area (Å²) in [5.41, 5.74) is 0.917. The monoisotopic (exact) mass is 458 g/mol. The number of nitrogens with one attached hydrogen (secondary N) is 1. The molecule has 0 saturated heterocycles. The fraction of sp³-hybridized carbons (Fsp3) is 0.273. The Morgan fingerprint density at radius 1 is 1.22 bits per heavy atom. The Morgan fingerprint density at radius 3 is 2.59 bits per heavy atom. The van der Waals surface area contributed by atoms with Crippen molar-refractivity contribution in [3.05, 3.63) is 62.7 Å². The van der Waals surface area contributed by atoms with Gasteiger partial charge in [-0.05, 0) is 24.5 Å². The molecule has 0 fully saturated rings. The summed E-state index contributed by atoms with van der Waals surface area (Å²) in [6.07, 6.45) is 4.40. The first kappa shape index (κ1) is 21.6.